The summed E-state index contributed by atoms with van der Waals surface area (Å²) in [6.45, 7) is 1.89. The first-order valence-electron chi connectivity index (χ1n) is 5.65. The van der Waals surface area contributed by atoms with Crippen molar-refractivity contribution in [3.8, 4) is 0 Å². The number of piperidine rings is 1. The number of halogens is 1. The van der Waals surface area contributed by atoms with Crippen LogP contribution in [0.1, 0.15) is 12.8 Å². The maximum atomic E-state index is 5.98. The Morgan fingerprint density at radius 3 is 3.00 bits per heavy atom. The molecule has 92 valence electrons. The summed E-state index contributed by atoms with van der Waals surface area (Å²) in [4.78, 5) is 2.22. The summed E-state index contributed by atoms with van der Waals surface area (Å²) in [5, 5.41) is 8.39. The van der Waals surface area contributed by atoms with Crippen LogP contribution in [0.3, 0.4) is 0 Å². The zero-order valence-corrected chi connectivity index (χ0v) is 10.3. The third kappa shape index (κ3) is 2.21. The normalized spacial score (nSPS) is 20.3. The van der Waals surface area contributed by atoms with Crippen molar-refractivity contribution in [2.75, 3.05) is 18.0 Å². The van der Waals surface area contributed by atoms with Gasteiger partial charge in [-0.1, -0.05) is 6.07 Å². The van der Waals surface area contributed by atoms with Crippen molar-refractivity contribution in [1.29, 1.82) is 0 Å². The molecule has 17 heavy (non-hydrogen) atoms. The lowest BCUT2D eigenvalue weighted by molar-refractivity contribution is 0.499. The average molecular weight is 254 g/mol. The predicted octanol–water partition coefficient (Wildman–Crippen LogP) is 1.08. The molecule has 0 radical (unpaired) electrons. The molecule has 1 fully saturated rings. The van der Waals surface area contributed by atoms with Crippen LogP contribution in [0.25, 0.3) is 5.65 Å². The zero-order valence-electron chi connectivity index (χ0n) is 9.49. The smallest absolute Gasteiger partial charge is 0.231 e. The van der Waals surface area contributed by atoms with Gasteiger partial charge in [-0.3, -0.25) is 4.40 Å². The molecule has 1 aliphatic heterocycles. The fourth-order valence-electron chi connectivity index (χ4n) is 2.24. The maximum Gasteiger partial charge on any atom is 0.231 e. The molecule has 5 nitrogen and oxygen atoms in total. The number of aromatic nitrogens is 3. The minimum atomic E-state index is 0. The Morgan fingerprint density at radius 2 is 2.18 bits per heavy atom. The van der Waals surface area contributed by atoms with Crippen molar-refractivity contribution in [1.82, 2.24) is 14.6 Å². The summed E-state index contributed by atoms with van der Waals surface area (Å²) in [7, 11) is 0. The van der Waals surface area contributed by atoms with Crippen LogP contribution in [0.5, 0.6) is 0 Å². The largest absolute Gasteiger partial charge is 0.339 e. The molecule has 2 N–H and O–H groups in total. The number of pyridine rings is 1. The Labute approximate surface area is 106 Å². The molecule has 0 aromatic carbocycles. The first kappa shape index (κ1) is 12.1. The van der Waals surface area contributed by atoms with Gasteiger partial charge in [0.25, 0.3) is 0 Å². The molecule has 0 unspecified atom stereocenters. The van der Waals surface area contributed by atoms with E-state index < -0.39 is 0 Å². The highest BCUT2D eigenvalue weighted by Crippen LogP contribution is 2.17. The van der Waals surface area contributed by atoms with Gasteiger partial charge >= 0.3 is 0 Å². The number of anilines is 1. The van der Waals surface area contributed by atoms with Gasteiger partial charge in [0.2, 0.25) is 5.95 Å². The lowest BCUT2D eigenvalue weighted by Crippen LogP contribution is -2.43. The third-order valence-corrected chi connectivity index (χ3v) is 3.04. The van der Waals surface area contributed by atoms with Crippen LogP contribution in [0, 0.1) is 0 Å². The molecular formula is C11H16ClN5. The second kappa shape index (κ2) is 4.89. The standard InChI is InChI=1S/C11H15N5.ClH/c12-9-4-3-6-15(8-9)11-14-13-10-5-1-2-7-16(10)11;/h1-2,5,7,9H,3-4,6,8,12H2;1H/t9-;/m1./s1. The van der Waals surface area contributed by atoms with Crippen LogP contribution in [0.15, 0.2) is 24.4 Å². The monoisotopic (exact) mass is 253 g/mol. The Kier molecular flexibility index (Phi) is 3.49. The molecule has 2 aromatic heterocycles. The van der Waals surface area contributed by atoms with E-state index in [0.717, 1.165) is 37.5 Å². The lowest BCUT2D eigenvalue weighted by atomic mass is 10.1. The van der Waals surface area contributed by atoms with Gasteiger partial charge in [-0.15, -0.1) is 22.6 Å². The predicted molar refractivity (Wildman–Crippen MR) is 69.7 cm³/mol. The van der Waals surface area contributed by atoms with Crippen LogP contribution in [0.4, 0.5) is 5.95 Å². The molecule has 0 saturated carbocycles. The van der Waals surface area contributed by atoms with Crippen molar-refractivity contribution in [3.63, 3.8) is 0 Å². The van der Waals surface area contributed by atoms with E-state index in [2.05, 4.69) is 15.1 Å². The molecule has 3 heterocycles. The molecule has 0 aliphatic carbocycles. The first-order chi connectivity index (χ1) is 7.84. The van der Waals surface area contributed by atoms with Crippen LogP contribution < -0.4 is 10.6 Å². The maximum absolute atomic E-state index is 5.98. The van der Waals surface area contributed by atoms with Gasteiger partial charge in [0.15, 0.2) is 5.65 Å². The number of fused-ring (bicyclic) bond motifs is 1. The fraction of sp³-hybridized carbons (Fsp3) is 0.455. The SMILES string of the molecule is Cl.N[C@@H]1CCCN(c2nnc3ccccn23)C1. The van der Waals surface area contributed by atoms with E-state index in [1.54, 1.807) is 0 Å². The van der Waals surface area contributed by atoms with Crippen molar-refractivity contribution < 1.29 is 0 Å². The van der Waals surface area contributed by atoms with E-state index in [1.165, 1.54) is 0 Å². The van der Waals surface area contributed by atoms with Crippen molar-refractivity contribution in [2.45, 2.75) is 18.9 Å². The van der Waals surface area contributed by atoms with E-state index in [-0.39, 0.29) is 18.4 Å². The van der Waals surface area contributed by atoms with Crippen molar-refractivity contribution >= 4 is 24.0 Å². The Bertz CT molecular complexity index is 497. The fourth-order valence-corrected chi connectivity index (χ4v) is 2.24. The molecule has 0 spiro atoms. The molecule has 3 rings (SSSR count). The molecule has 1 saturated heterocycles. The van der Waals surface area contributed by atoms with Crippen molar-refractivity contribution in [3.05, 3.63) is 24.4 Å². The molecule has 1 aliphatic rings. The molecule has 0 bridgehead atoms. The summed E-state index contributed by atoms with van der Waals surface area (Å²) in [5.41, 5.74) is 6.86. The van der Waals surface area contributed by atoms with Gasteiger partial charge in [0.1, 0.15) is 0 Å². The number of hydrogen-bond donors (Lipinski definition) is 1. The molecule has 1 atom stereocenters. The molecular weight excluding hydrogens is 238 g/mol. The van der Waals surface area contributed by atoms with E-state index >= 15 is 0 Å². The lowest BCUT2D eigenvalue weighted by Gasteiger charge is -2.30. The van der Waals surface area contributed by atoms with Crippen LogP contribution in [-0.2, 0) is 0 Å². The Hall–Kier alpha value is -1.33. The molecule has 0 amide bonds. The summed E-state index contributed by atoms with van der Waals surface area (Å²) >= 11 is 0. The highest BCUT2D eigenvalue weighted by molar-refractivity contribution is 5.85. The van der Waals surface area contributed by atoms with Crippen LogP contribution in [-0.4, -0.2) is 33.7 Å². The summed E-state index contributed by atoms with van der Waals surface area (Å²) in [5.74, 6) is 0.908. The van der Waals surface area contributed by atoms with Gasteiger partial charge in [-0.25, -0.2) is 0 Å². The molecule has 2 aromatic rings. The third-order valence-electron chi connectivity index (χ3n) is 3.04. The van der Waals surface area contributed by atoms with Crippen LogP contribution in [0.2, 0.25) is 0 Å². The molecule has 6 heteroatoms. The van der Waals surface area contributed by atoms with Gasteiger partial charge in [-0.05, 0) is 25.0 Å². The highest BCUT2D eigenvalue weighted by atomic mass is 35.5. The quantitative estimate of drug-likeness (QED) is 0.826. The van der Waals surface area contributed by atoms with Gasteiger partial charge in [0, 0.05) is 25.3 Å². The van der Waals surface area contributed by atoms with Gasteiger partial charge < -0.3 is 10.6 Å². The van der Waals surface area contributed by atoms with E-state index in [4.69, 9.17) is 5.73 Å². The number of rotatable bonds is 1. The van der Waals surface area contributed by atoms with Crippen molar-refractivity contribution in [2.24, 2.45) is 5.73 Å². The Balaban J connectivity index is 0.00000108. The van der Waals surface area contributed by atoms with E-state index in [0.29, 0.717) is 0 Å². The van der Waals surface area contributed by atoms with E-state index in [9.17, 15) is 0 Å². The van der Waals surface area contributed by atoms with E-state index in [1.807, 2.05) is 28.8 Å². The Morgan fingerprint density at radius 1 is 1.29 bits per heavy atom. The first-order valence-corrected chi connectivity index (χ1v) is 5.65. The zero-order chi connectivity index (χ0) is 11.0. The number of nitrogens with two attached hydrogens (primary N) is 1. The van der Waals surface area contributed by atoms with Gasteiger partial charge in [-0.2, -0.15) is 0 Å². The summed E-state index contributed by atoms with van der Waals surface area (Å²) in [6, 6.07) is 6.17. The number of hydrogen-bond acceptors (Lipinski definition) is 4. The minimum Gasteiger partial charge on any atom is -0.339 e. The minimum absolute atomic E-state index is 0. The second-order valence-electron chi connectivity index (χ2n) is 4.28. The van der Waals surface area contributed by atoms with Crippen LogP contribution >= 0.6 is 12.4 Å². The average Bonchev–Trinajstić information content (AvgIpc) is 2.72. The second-order valence-corrected chi connectivity index (χ2v) is 4.28. The summed E-state index contributed by atoms with van der Waals surface area (Å²) < 4.78 is 2.01. The highest BCUT2D eigenvalue weighted by Gasteiger charge is 2.20. The number of nitrogens with zero attached hydrogens (tertiary/aromatic N) is 4. The van der Waals surface area contributed by atoms with Gasteiger partial charge in [0.05, 0.1) is 0 Å². The topological polar surface area (TPSA) is 59.5 Å². The summed E-state index contributed by atoms with van der Waals surface area (Å²) in [6.07, 6.45) is 4.22.